The minimum Gasteiger partial charge on any atom is -0.326 e. The second-order valence-electron chi connectivity index (χ2n) is 6.51. The van der Waals surface area contributed by atoms with Crippen molar-refractivity contribution in [3.8, 4) is 0 Å². The van der Waals surface area contributed by atoms with Crippen molar-refractivity contribution in [3.05, 3.63) is 64.1 Å². The normalized spacial score (nSPS) is 17.4. The zero-order valence-electron chi connectivity index (χ0n) is 15.1. The Labute approximate surface area is 172 Å². The first-order chi connectivity index (χ1) is 13.4. The molecule has 4 amide bonds. The van der Waals surface area contributed by atoms with E-state index in [-0.39, 0.29) is 30.7 Å². The van der Waals surface area contributed by atoms with Crippen molar-refractivity contribution in [2.45, 2.75) is 31.8 Å². The molecule has 0 saturated carbocycles. The van der Waals surface area contributed by atoms with Crippen LogP contribution in [0.25, 0.3) is 0 Å². The van der Waals surface area contributed by atoms with E-state index in [1.54, 1.807) is 25.1 Å². The van der Waals surface area contributed by atoms with E-state index in [1.165, 1.54) is 4.90 Å². The van der Waals surface area contributed by atoms with Crippen molar-refractivity contribution in [1.82, 2.24) is 10.2 Å². The van der Waals surface area contributed by atoms with Gasteiger partial charge in [0, 0.05) is 12.1 Å². The highest BCUT2D eigenvalue weighted by atomic mass is 35.5. The zero-order valence-corrected chi connectivity index (χ0v) is 16.6. The minimum atomic E-state index is -0.724. The zero-order chi connectivity index (χ0) is 20.3. The summed E-state index contributed by atoms with van der Waals surface area (Å²) in [7, 11) is 0. The summed E-state index contributed by atoms with van der Waals surface area (Å²) in [5, 5.41) is 6.09. The molecule has 2 N–H and O–H groups in total. The van der Waals surface area contributed by atoms with Crippen molar-refractivity contribution in [3.63, 3.8) is 0 Å². The number of carbonyl (C=O) groups excluding carboxylic acids is 3. The van der Waals surface area contributed by atoms with E-state index in [4.69, 9.17) is 23.2 Å². The molecule has 6 nitrogen and oxygen atoms in total. The molecule has 1 fully saturated rings. The molecule has 146 valence electrons. The van der Waals surface area contributed by atoms with Gasteiger partial charge in [-0.1, -0.05) is 53.5 Å². The minimum absolute atomic E-state index is 0.0739. The van der Waals surface area contributed by atoms with E-state index in [0.717, 1.165) is 5.56 Å². The van der Waals surface area contributed by atoms with Crippen LogP contribution in [0.5, 0.6) is 0 Å². The number of benzene rings is 2. The molecule has 2 atom stereocenters. The van der Waals surface area contributed by atoms with E-state index in [2.05, 4.69) is 10.6 Å². The maximum Gasteiger partial charge on any atom is 0.325 e. The van der Waals surface area contributed by atoms with Crippen LogP contribution in [0.2, 0.25) is 10.0 Å². The Kier molecular flexibility index (Phi) is 6.21. The van der Waals surface area contributed by atoms with Gasteiger partial charge < -0.3 is 10.6 Å². The van der Waals surface area contributed by atoms with Gasteiger partial charge in [-0.05, 0) is 37.1 Å². The van der Waals surface area contributed by atoms with Gasteiger partial charge in [-0.2, -0.15) is 0 Å². The van der Waals surface area contributed by atoms with Crippen LogP contribution in [0.3, 0.4) is 0 Å². The fourth-order valence-corrected chi connectivity index (χ4v) is 3.36. The third kappa shape index (κ3) is 4.46. The lowest BCUT2D eigenvalue weighted by Gasteiger charge is -2.21. The molecule has 0 aromatic heterocycles. The predicted octanol–water partition coefficient (Wildman–Crippen LogP) is 4.39. The molecule has 2 aromatic carbocycles. The van der Waals surface area contributed by atoms with E-state index >= 15 is 0 Å². The third-order valence-electron chi connectivity index (χ3n) is 4.58. The van der Waals surface area contributed by atoms with E-state index in [0.29, 0.717) is 15.7 Å². The summed E-state index contributed by atoms with van der Waals surface area (Å²) in [6.07, 6.45) is 0.278. The van der Waals surface area contributed by atoms with Crippen LogP contribution >= 0.6 is 23.2 Å². The maximum absolute atomic E-state index is 12.7. The number of urea groups is 1. The van der Waals surface area contributed by atoms with Crippen LogP contribution in [-0.2, 0) is 9.59 Å². The monoisotopic (exact) mass is 419 g/mol. The number of hydrogen-bond acceptors (Lipinski definition) is 3. The lowest BCUT2D eigenvalue weighted by Crippen LogP contribution is -2.34. The lowest BCUT2D eigenvalue weighted by molar-refractivity contribution is -0.129. The first-order valence-electron chi connectivity index (χ1n) is 8.80. The molecule has 8 heteroatoms. The van der Waals surface area contributed by atoms with E-state index in [1.807, 2.05) is 30.3 Å². The maximum atomic E-state index is 12.7. The van der Waals surface area contributed by atoms with Gasteiger partial charge in [0.15, 0.2) is 0 Å². The summed E-state index contributed by atoms with van der Waals surface area (Å²) in [5.41, 5.74) is 1.38. The van der Waals surface area contributed by atoms with Crippen molar-refractivity contribution in [2.75, 3.05) is 5.32 Å². The van der Waals surface area contributed by atoms with Crippen LogP contribution in [0.1, 0.15) is 31.4 Å². The summed E-state index contributed by atoms with van der Waals surface area (Å²) in [4.78, 5) is 38.3. The Morgan fingerprint density at radius 1 is 1.14 bits per heavy atom. The molecule has 0 bridgehead atoms. The Hall–Kier alpha value is -2.57. The molecule has 0 radical (unpaired) electrons. The molecule has 2 unspecified atom stereocenters. The van der Waals surface area contributed by atoms with Gasteiger partial charge in [0.05, 0.1) is 16.1 Å². The van der Waals surface area contributed by atoms with Crippen LogP contribution in [0, 0.1) is 0 Å². The van der Waals surface area contributed by atoms with Gasteiger partial charge >= 0.3 is 6.03 Å². The second-order valence-corrected chi connectivity index (χ2v) is 7.33. The lowest BCUT2D eigenvalue weighted by atomic mass is 10.1. The van der Waals surface area contributed by atoms with Gasteiger partial charge in [0.2, 0.25) is 5.91 Å². The highest BCUT2D eigenvalue weighted by Gasteiger charge is 2.40. The Morgan fingerprint density at radius 2 is 1.86 bits per heavy atom. The average Bonchev–Trinajstić information content (AvgIpc) is 2.96. The van der Waals surface area contributed by atoms with Crippen LogP contribution in [-0.4, -0.2) is 28.8 Å². The molecule has 1 saturated heterocycles. The van der Waals surface area contributed by atoms with Gasteiger partial charge in [-0.3, -0.25) is 14.5 Å². The summed E-state index contributed by atoms with van der Waals surface area (Å²) < 4.78 is 0. The van der Waals surface area contributed by atoms with Gasteiger partial charge in [-0.25, -0.2) is 4.79 Å². The molecule has 1 aliphatic heterocycles. The Balaban J connectivity index is 1.58. The number of imide groups is 1. The number of nitrogens with zero attached hydrogens (tertiary/aromatic N) is 1. The summed E-state index contributed by atoms with van der Waals surface area (Å²) in [5.74, 6) is -0.612. The molecular formula is C20H19Cl2N3O3. The summed E-state index contributed by atoms with van der Waals surface area (Å²) >= 11 is 11.8. The van der Waals surface area contributed by atoms with Gasteiger partial charge in [-0.15, -0.1) is 0 Å². The van der Waals surface area contributed by atoms with Crippen LogP contribution in [0.4, 0.5) is 10.5 Å². The largest absolute Gasteiger partial charge is 0.326 e. The molecule has 2 aromatic rings. The number of halogens is 2. The van der Waals surface area contributed by atoms with E-state index in [9.17, 15) is 14.4 Å². The number of nitrogens with one attached hydrogen (secondary N) is 2. The van der Waals surface area contributed by atoms with Crippen molar-refractivity contribution in [2.24, 2.45) is 0 Å². The number of rotatable bonds is 6. The van der Waals surface area contributed by atoms with Crippen LogP contribution in [0.15, 0.2) is 48.5 Å². The average molecular weight is 420 g/mol. The molecule has 1 aliphatic rings. The number of carbonyl (C=O) groups is 3. The first kappa shape index (κ1) is 20.2. The summed E-state index contributed by atoms with van der Waals surface area (Å²) in [6, 6.07) is 12.5. The number of hydrogen-bond donors (Lipinski definition) is 2. The standard InChI is InChI=1S/C20H19Cl2N3O3/c1-12(13-5-3-2-4-6-13)25-19(27)17(24-20(25)28)9-10-18(26)23-14-7-8-15(21)16(22)11-14/h2-8,11-12,17H,9-10H2,1H3,(H,23,26)(H,24,28). The fraction of sp³-hybridized carbons (Fsp3) is 0.250. The Morgan fingerprint density at radius 3 is 2.54 bits per heavy atom. The van der Waals surface area contributed by atoms with Crippen molar-refractivity contribution >= 4 is 46.7 Å². The smallest absolute Gasteiger partial charge is 0.325 e. The molecule has 0 aliphatic carbocycles. The van der Waals surface area contributed by atoms with Gasteiger partial charge in [0.1, 0.15) is 6.04 Å². The predicted molar refractivity (Wildman–Crippen MR) is 108 cm³/mol. The topological polar surface area (TPSA) is 78.5 Å². The highest BCUT2D eigenvalue weighted by Crippen LogP contribution is 2.26. The van der Waals surface area contributed by atoms with E-state index < -0.39 is 12.1 Å². The summed E-state index contributed by atoms with van der Waals surface area (Å²) in [6.45, 7) is 1.80. The highest BCUT2D eigenvalue weighted by molar-refractivity contribution is 6.42. The molecule has 3 rings (SSSR count). The molecule has 28 heavy (non-hydrogen) atoms. The third-order valence-corrected chi connectivity index (χ3v) is 5.32. The number of amides is 4. The van der Waals surface area contributed by atoms with Crippen molar-refractivity contribution in [1.29, 1.82) is 0 Å². The quantitative estimate of drug-likeness (QED) is 0.681. The molecular weight excluding hydrogens is 401 g/mol. The van der Waals surface area contributed by atoms with Crippen LogP contribution < -0.4 is 10.6 Å². The number of anilines is 1. The van der Waals surface area contributed by atoms with Gasteiger partial charge in [0.25, 0.3) is 5.91 Å². The van der Waals surface area contributed by atoms with Crippen molar-refractivity contribution < 1.29 is 14.4 Å². The molecule has 1 heterocycles. The SMILES string of the molecule is CC(c1ccccc1)N1C(=O)NC(CCC(=O)Nc2ccc(Cl)c(Cl)c2)C1=O. The fourth-order valence-electron chi connectivity index (χ4n) is 3.06. The second kappa shape index (κ2) is 8.63. The first-order valence-corrected chi connectivity index (χ1v) is 9.56. The Bertz CT molecular complexity index is 905. The molecule has 0 spiro atoms.